The van der Waals surface area contributed by atoms with Gasteiger partial charge in [0.05, 0.1) is 36.6 Å². The van der Waals surface area contributed by atoms with E-state index < -0.39 is 17.9 Å². The summed E-state index contributed by atoms with van der Waals surface area (Å²) in [6, 6.07) is 15.4. The third kappa shape index (κ3) is 6.01. The Morgan fingerprint density at radius 3 is 2.53 bits per heavy atom. The first-order chi connectivity index (χ1) is 23.5. The Hall–Kier alpha value is -4.88. The Morgan fingerprint density at radius 1 is 1.06 bits per heavy atom. The van der Waals surface area contributed by atoms with Crippen molar-refractivity contribution in [3.63, 3.8) is 0 Å². The second-order valence-corrected chi connectivity index (χ2v) is 13.2. The SMILES string of the molecule is COc1cc(C(=O)N2C[C@H](N)CCN2C)cc2nc(-c3cc4ccc([C@@H](C)NC(=O)C(F)(F)c5ccccc5)nc4n3CC3CC3)n(C)c12. The smallest absolute Gasteiger partial charge is 0.349 e. The first-order valence-corrected chi connectivity index (χ1v) is 16.5. The summed E-state index contributed by atoms with van der Waals surface area (Å²) in [5, 5.41) is 6.88. The Bertz CT molecular complexity index is 2060. The van der Waals surface area contributed by atoms with Crippen LogP contribution in [-0.2, 0) is 24.3 Å². The largest absolute Gasteiger partial charge is 0.494 e. The van der Waals surface area contributed by atoms with Crippen LogP contribution in [0.2, 0.25) is 0 Å². The number of amides is 2. The van der Waals surface area contributed by atoms with Gasteiger partial charge in [-0.05, 0) is 62.4 Å². The van der Waals surface area contributed by atoms with Crippen molar-refractivity contribution >= 4 is 33.9 Å². The van der Waals surface area contributed by atoms with Crippen molar-refractivity contribution in [2.75, 3.05) is 27.2 Å². The van der Waals surface area contributed by atoms with E-state index in [-0.39, 0.29) is 17.5 Å². The van der Waals surface area contributed by atoms with Gasteiger partial charge in [-0.2, -0.15) is 8.78 Å². The Labute approximate surface area is 282 Å². The number of carbonyl (C=O) groups is 2. The zero-order valence-electron chi connectivity index (χ0n) is 28.0. The van der Waals surface area contributed by atoms with Crippen molar-refractivity contribution < 1.29 is 23.1 Å². The average molecular weight is 671 g/mol. The molecule has 1 saturated heterocycles. The predicted molar refractivity (Wildman–Crippen MR) is 182 cm³/mol. The number of hydrogen-bond donors (Lipinski definition) is 2. The average Bonchev–Trinajstić information content (AvgIpc) is 3.77. The summed E-state index contributed by atoms with van der Waals surface area (Å²) in [5.74, 6) is -3.59. The lowest BCUT2D eigenvalue weighted by Gasteiger charge is -2.38. The number of aromatic nitrogens is 4. The van der Waals surface area contributed by atoms with Crippen LogP contribution >= 0.6 is 0 Å². The Balaban J connectivity index is 1.25. The summed E-state index contributed by atoms with van der Waals surface area (Å²) in [6.45, 7) is 3.46. The van der Waals surface area contributed by atoms with E-state index in [1.807, 2.05) is 35.8 Å². The number of ether oxygens (including phenoxy) is 1. The number of rotatable bonds is 9. The summed E-state index contributed by atoms with van der Waals surface area (Å²) >= 11 is 0. The maximum absolute atomic E-state index is 15.0. The molecule has 1 saturated carbocycles. The second-order valence-electron chi connectivity index (χ2n) is 13.2. The Morgan fingerprint density at radius 2 is 1.82 bits per heavy atom. The van der Waals surface area contributed by atoms with Gasteiger partial charge in [0.15, 0.2) is 5.82 Å². The second kappa shape index (κ2) is 12.5. The summed E-state index contributed by atoms with van der Waals surface area (Å²) in [4.78, 5) is 36.3. The number of methoxy groups -OCH3 is 1. The molecule has 0 spiro atoms. The molecule has 13 heteroatoms. The summed E-state index contributed by atoms with van der Waals surface area (Å²) in [6.07, 6.45) is 3.00. The zero-order chi connectivity index (χ0) is 34.6. The molecule has 2 aliphatic rings. The quantitative estimate of drug-likeness (QED) is 0.226. The standard InChI is InChI=1S/C36H40F2N8O3/c1-21(40-35(48)36(37,38)25-8-6-5-7-9-25)27-13-12-23-17-29(45(32(23)41-27)19-22-10-11-22)33-42-28-16-24(18-30(49-4)31(28)44(33)3)34(47)46-20-26(39)14-15-43(46)2/h5-9,12-13,16-18,21-22,26H,10-11,14-15,19-20,39H2,1-4H3,(H,40,48)/t21-,26-/m1/s1. The molecule has 7 rings (SSSR count). The van der Waals surface area contributed by atoms with Crippen LogP contribution in [0.3, 0.4) is 0 Å². The van der Waals surface area contributed by atoms with Crippen molar-refractivity contribution in [2.45, 2.75) is 50.7 Å². The van der Waals surface area contributed by atoms with Crippen LogP contribution < -0.4 is 15.8 Å². The number of nitrogens with zero attached hydrogens (tertiary/aromatic N) is 6. The highest BCUT2D eigenvalue weighted by atomic mass is 19.3. The van der Waals surface area contributed by atoms with E-state index in [0.717, 1.165) is 35.9 Å². The van der Waals surface area contributed by atoms with Crippen molar-refractivity contribution in [1.82, 2.24) is 34.4 Å². The molecule has 0 bridgehead atoms. The number of nitrogens with one attached hydrogen (secondary N) is 1. The lowest BCUT2D eigenvalue weighted by molar-refractivity contribution is -0.147. The fraction of sp³-hybridized carbons (Fsp3) is 0.389. The van der Waals surface area contributed by atoms with Gasteiger partial charge in [-0.25, -0.2) is 15.0 Å². The monoisotopic (exact) mass is 670 g/mol. The number of carbonyl (C=O) groups excluding carboxylic acids is 2. The lowest BCUT2D eigenvalue weighted by Crippen LogP contribution is -2.55. The lowest BCUT2D eigenvalue weighted by atomic mass is 10.1. The van der Waals surface area contributed by atoms with Gasteiger partial charge in [0.1, 0.15) is 16.9 Å². The number of fused-ring (bicyclic) bond motifs is 2. The van der Waals surface area contributed by atoms with Crippen molar-refractivity contribution in [3.05, 3.63) is 77.5 Å². The van der Waals surface area contributed by atoms with E-state index in [9.17, 15) is 18.4 Å². The van der Waals surface area contributed by atoms with Crippen LogP contribution in [0.25, 0.3) is 33.6 Å². The highest BCUT2D eigenvalue weighted by Crippen LogP contribution is 2.38. The van der Waals surface area contributed by atoms with Gasteiger partial charge in [-0.1, -0.05) is 30.3 Å². The van der Waals surface area contributed by atoms with Gasteiger partial charge < -0.3 is 24.9 Å². The van der Waals surface area contributed by atoms with Crippen molar-refractivity contribution in [3.8, 4) is 17.3 Å². The topological polar surface area (TPSA) is 124 Å². The van der Waals surface area contributed by atoms with Crippen LogP contribution in [0.15, 0.2) is 60.7 Å². The minimum absolute atomic E-state index is 0.0933. The molecule has 1 aliphatic heterocycles. The fourth-order valence-electron chi connectivity index (χ4n) is 6.58. The molecule has 2 fully saturated rings. The minimum atomic E-state index is -3.69. The van der Waals surface area contributed by atoms with E-state index in [1.54, 1.807) is 43.3 Å². The molecule has 0 radical (unpaired) electrons. The van der Waals surface area contributed by atoms with E-state index in [2.05, 4.69) is 9.88 Å². The minimum Gasteiger partial charge on any atom is -0.494 e. The third-order valence-corrected chi connectivity index (χ3v) is 9.62. The third-order valence-electron chi connectivity index (χ3n) is 9.62. The molecule has 1 aliphatic carbocycles. The molecule has 2 atom stereocenters. The van der Waals surface area contributed by atoms with E-state index >= 15 is 0 Å². The Kier molecular flexibility index (Phi) is 8.35. The molecule has 3 N–H and O–H groups in total. The molecule has 2 aromatic carbocycles. The fourth-order valence-corrected chi connectivity index (χ4v) is 6.58. The van der Waals surface area contributed by atoms with Gasteiger partial charge in [0, 0.05) is 49.7 Å². The zero-order valence-corrected chi connectivity index (χ0v) is 28.0. The number of hydrogen-bond acceptors (Lipinski definition) is 7. The molecule has 4 heterocycles. The first kappa shape index (κ1) is 32.7. The number of pyridine rings is 1. The number of nitrogens with two attached hydrogens (primary N) is 1. The van der Waals surface area contributed by atoms with Crippen LogP contribution in [-0.4, -0.2) is 74.2 Å². The van der Waals surface area contributed by atoms with Crippen LogP contribution in [0.4, 0.5) is 8.78 Å². The van der Waals surface area contributed by atoms with Gasteiger partial charge in [0.2, 0.25) is 0 Å². The van der Waals surface area contributed by atoms with Crippen molar-refractivity contribution in [2.24, 2.45) is 18.7 Å². The summed E-state index contributed by atoms with van der Waals surface area (Å²) in [7, 11) is 5.36. The molecule has 49 heavy (non-hydrogen) atoms. The van der Waals surface area contributed by atoms with Gasteiger partial charge >= 0.3 is 5.92 Å². The molecule has 2 amide bonds. The van der Waals surface area contributed by atoms with Crippen molar-refractivity contribution in [1.29, 1.82) is 0 Å². The molecule has 11 nitrogen and oxygen atoms in total. The van der Waals surface area contributed by atoms with Gasteiger partial charge in [0.25, 0.3) is 11.8 Å². The van der Waals surface area contributed by atoms with E-state index in [1.165, 1.54) is 24.3 Å². The summed E-state index contributed by atoms with van der Waals surface area (Å²) < 4.78 is 39.8. The number of alkyl halides is 2. The maximum Gasteiger partial charge on any atom is 0.349 e. The molecular weight excluding hydrogens is 630 g/mol. The number of aryl methyl sites for hydroxylation is 1. The number of imidazole rings is 1. The molecule has 3 aromatic heterocycles. The molecule has 5 aromatic rings. The normalized spacial score (nSPS) is 17.9. The number of hydrazine groups is 1. The highest BCUT2D eigenvalue weighted by molar-refractivity contribution is 6.00. The highest BCUT2D eigenvalue weighted by Gasteiger charge is 2.41. The first-order valence-electron chi connectivity index (χ1n) is 16.5. The van der Waals surface area contributed by atoms with Gasteiger partial charge in [-0.15, -0.1) is 0 Å². The predicted octanol–water partition coefficient (Wildman–Crippen LogP) is 5.00. The number of benzene rings is 2. The molecule has 256 valence electrons. The molecular formula is C36H40F2N8O3. The maximum atomic E-state index is 15.0. The molecule has 0 unspecified atom stereocenters. The van der Waals surface area contributed by atoms with Crippen LogP contribution in [0.1, 0.15) is 53.8 Å². The van der Waals surface area contributed by atoms with Crippen LogP contribution in [0, 0.1) is 5.92 Å². The van der Waals surface area contributed by atoms with Gasteiger partial charge in [-0.3, -0.25) is 14.6 Å². The number of halogens is 2. The van der Waals surface area contributed by atoms with E-state index in [0.29, 0.717) is 59.5 Å². The summed E-state index contributed by atoms with van der Waals surface area (Å²) in [5.41, 5.74) is 9.59. The van der Waals surface area contributed by atoms with Crippen LogP contribution in [0.5, 0.6) is 5.75 Å². The van der Waals surface area contributed by atoms with E-state index in [4.69, 9.17) is 20.4 Å².